The topological polar surface area (TPSA) is 91.4 Å². The molecule has 24 heavy (non-hydrogen) atoms. The van der Waals surface area contributed by atoms with Crippen molar-refractivity contribution in [3.63, 3.8) is 0 Å². The summed E-state index contributed by atoms with van der Waals surface area (Å²) in [6, 6.07) is 7.88. The minimum absolute atomic E-state index is 0.133. The van der Waals surface area contributed by atoms with Crippen molar-refractivity contribution in [1.29, 1.82) is 0 Å². The predicted octanol–water partition coefficient (Wildman–Crippen LogP) is 2.68. The van der Waals surface area contributed by atoms with Crippen molar-refractivity contribution < 1.29 is 14.5 Å². The quantitative estimate of drug-likeness (QED) is 0.461. The fourth-order valence-electron chi connectivity index (χ4n) is 2.20. The lowest BCUT2D eigenvalue weighted by Gasteiger charge is -2.08. The summed E-state index contributed by atoms with van der Waals surface area (Å²) in [5.41, 5.74) is 1.07. The summed E-state index contributed by atoms with van der Waals surface area (Å²) in [5.74, 6) is -0.397. The van der Waals surface area contributed by atoms with E-state index in [1.54, 1.807) is 31.2 Å². The molecule has 0 aliphatic heterocycles. The molecule has 0 fully saturated rings. The van der Waals surface area contributed by atoms with Gasteiger partial charge in [-0.05, 0) is 31.0 Å². The highest BCUT2D eigenvalue weighted by atomic mass is 16.6. The molecule has 0 saturated carbocycles. The first-order valence-corrected chi connectivity index (χ1v) is 7.54. The van der Waals surface area contributed by atoms with E-state index in [1.165, 1.54) is 16.8 Å². The Kier molecular flexibility index (Phi) is 5.47. The van der Waals surface area contributed by atoms with Crippen LogP contribution in [0.4, 0.5) is 5.69 Å². The molecular formula is C17H18N2O5. The Morgan fingerprint density at radius 1 is 1.29 bits per heavy atom. The third kappa shape index (κ3) is 4.07. The predicted molar refractivity (Wildman–Crippen MR) is 88.2 cm³/mol. The molecule has 7 nitrogen and oxygen atoms in total. The molecule has 0 N–H and O–H groups in total. The van der Waals surface area contributed by atoms with Gasteiger partial charge in [0, 0.05) is 11.6 Å². The number of carbonyl (C=O) groups is 1. The molecular weight excluding hydrogens is 312 g/mol. The number of nitrogens with zero attached hydrogens (tertiary/aromatic N) is 2. The maximum atomic E-state index is 12.1. The summed E-state index contributed by atoms with van der Waals surface area (Å²) >= 11 is 0. The monoisotopic (exact) mass is 330 g/mol. The van der Waals surface area contributed by atoms with Crippen LogP contribution in [0.25, 0.3) is 0 Å². The van der Waals surface area contributed by atoms with Crippen LogP contribution in [-0.2, 0) is 11.3 Å². The highest BCUT2D eigenvalue weighted by molar-refractivity contribution is 5.89. The molecule has 1 heterocycles. The van der Waals surface area contributed by atoms with Crippen molar-refractivity contribution in [1.82, 2.24) is 4.57 Å². The number of esters is 1. The zero-order valence-corrected chi connectivity index (χ0v) is 13.5. The Morgan fingerprint density at radius 3 is 2.54 bits per heavy atom. The fourth-order valence-corrected chi connectivity index (χ4v) is 2.20. The molecule has 0 radical (unpaired) electrons. The van der Waals surface area contributed by atoms with Crippen molar-refractivity contribution in [3.05, 3.63) is 73.7 Å². The number of rotatable bonds is 6. The first-order chi connectivity index (χ1) is 11.4. The van der Waals surface area contributed by atoms with Crippen LogP contribution < -0.4 is 5.56 Å². The lowest BCUT2D eigenvalue weighted by Crippen LogP contribution is -2.22. The second-order valence-corrected chi connectivity index (χ2v) is 5.40. The zero-order chi connectivity index (χ0) is 17.7. The number of benzene rings is 1. The van der Waals surface area contributed by atoms with E-state index in [9.17, 15) is 19.7 Å². The molecule has 0 aliphatic rings. The minimum Gasteiger partial charge on any atom is -0.462 e. The van der Waals surface area contributed by atoms with Gasteiger partial charge < -0.3 is 9.30 Å². The SMILES string of the molecule is CCCOC(=O)c1ccc(Cn2cc([N+](=O)[O-])cc(C)c2=O)cc1. The average molecular weight is 330 g/mol. The van der Waals surface area contributed by atoms with Crippen LogP contribution in [0.15, 0.2) is 41.3 Å². The van der Waals surface area contributed by atoms with Gasteiger partial charge in [-0.25, -0.2) is 4.79 Å². The standard InChI is InChI=1S/C17H18N2O5/c1-3-8-24-17(21)14-6-4-13(5-7-14)10-18-11-15(19(22)23)9-12(2)16(18)20/h4-7,9,11H,3,8,10H2,1-2H3. The number of pyridine rings is 1. The summed E-state index contributed by atoms with van der Waals surface area (Å²) in [6.45, 7) is 4.00. The van der Waals surface area contributed by atoms with Crippen molar-refractivity contribution in [2.75, 3.05) is 6.61 Å². The van der Waals surface area contributed by atoms with E-state index >= 15 is 0 Å². The zero-order valence-electron chi connectivity index (χ0n) is 13.5. The molecule has 0 bridgehead atoms. The highest BCUT2D eigenvalue weighted by Gasteiger charge is 2.12. The smallest absolute Gasteiger partial charge is 0.338 e. The fraction of sp³-hybridized carbons (Fsp3) is 0.294. The first kappa shape index (κ1) is 17.4. The Morgan fingerprint density at radius 2 is 1.96 bits per heavy atom. The largest absolute Gasteiger partial charge is 0.462 e. The molecule has 2 aromatic rings. The van der Waals surface area contributed by atoms with E-state index in [0.717, 1.165) is 12.0 Å². The number of hydrogen-bond donors (Lipinski definition) is 0. The molecule has 2 rings (SSSR count). The van der Waals surface area contributed by atoms with Gasteiger partial charge in [0.1, 0.15) is 0 Å². The molecule has 0 amide bonds. The molecule has 126 valence electrons. The van der Waals surface area contributed by atoms with Crippen LogP contribution in [-0.4, -0.2) is 22.1 Å². The van der Waals surface area contributed by atoms with Crippen LogP contribution in [0, 0.1) is 17.0 Å². The van der Waals surface area contributed by atoms with E-state index in [4.69, 9.17) is 4.74 Å². The van der Waals surface area contributed by atoms with E-state index in [-0.39, 0.29) is 17.8 Å². The Labute approximate surface area is 138 Å². The summed E-state index contributed by atoms with van der Waals surface area (Å²) < 4.78 is 6.33. The number of aryl methyl sites for hydroxylation is 1. The van der Waals surface area contributed by atoms with E-state index in [2.05, 4.69) is 0 Å². The van der Waals surface area contributed by atoms with E-state index in [0.29, 0.717) is 17.7 Å². The molecule has 1 aromatic heterocycles. The summed E-state index contributed by atoms with van der Waals surface area (Å²) in [6.07, 6.45) is 1.97. The van der Waals surface area contributed by atoms with Crippen molar-refractivity contribution in [2.24, 2.45) is 0 Å². The second kappa shape index (κ2) is 7.54. The normalized spacial score (nSPS) is 10.4. The van der Waals surface area contributed by atoms with Crippen LogP contribution in [0.2, 0.25) is 0 Å². The summed E-state index contributed by atoms with van der Waals surface area (Å²) in [7, 11) is 0. The highest BCUT2D eigenvalue weighted by Crippen LogP contribution is 2.12. The van der Waals surface area contributed by atoms with Crippen LogP contribution in [0.5, 0.6) is 0 Å². The van der Waals surface area contributed by atoms with Gasteiger partial charge >= 0.3 is 5.97 Å². The minimum atomic E-state index is -0.532. The summed E-state index contributed by atoms with van der Waals surface area (Å²) in [5, 5.41) is 10.9. The molecule has 7 heteroatoms. The lowest BCUT2D eigenvalue weighted by molar-refractivity contribution is -0.385. The maximum Gasteiger partial charge on any atom is 0.338 e. The van der Waals surface area contributed by atoms with Crippen LogP contribution in [0.3, 0.4) is 0 Å². The molecule has 1 aromatic carbocycles. The number of nitro groups is 1. The summed E-state index contributed by atoms with van der Waals surface area (Å²) in [4.78, 5) is 34.2. The third-order valence-corrected chi connectivity index (χ3v) is 3.44. The van der Waals surface area contributed by atoms with Crippen LogP contribution >= 0.6 is 0 Å². The van der Waals surface area contributed by atoms with Gasteiger partial charge in [-0.3, -0.25) is 14.9 Å². The van der Waals surface area contributed by atoms with Gasteiger partial charge in [-0.2, -0.15) is 0 Å². The number of hydrogen-bond acceptors (Lipinski definition) is 5. The second-order valence-electron chi connectivity index (χ2n) is 5.40. The van der Waals surface area contributed by atoms with Gasteiger partial charge in [0.2, 0.25) is 0 Å². The molecule has 0 atom stereocenters. The van der Waals surface area contributed by atoms with Crippen LogP contribution in [0.1, 0.15) is 34.8 Å². The van der Waals surface area contributed by atoms with Gasteiger partial charge in [-0.15, -0.1) is 0 Å². The van der Waals surface area contributed by atoms with E-state index in [1.807, 2.05) is 6.92 Å². The maximum absolute atomic E-state index is 12.1. The Balaban J connectivity index is 2.21. The molecule has 0 unspecified atom stereocenters. The van der Waals surface area contributed by atoms with Crippen molar-refractivity contribution in [3.8, 4) is 0 Å². The number of aromatic nitrogens is 1. The van der Waals surface area contributed by atoms with Crippen molar-refractivity contribution >= 4 is 11.7 Å². The van der Waals surface area contributed by atoms with Gasteiger partial charge in [0.15, 0.2) is 0 Å². The van der Waals surface area contributed by atoms with E-state index < -0.39 is 10.9 Å². The number of ether oxygens (including phenoxy) is 1. The molecule has 0 spiro atoms. The molecule has 0 saturated heterocycles. The Bertz CT molecular complexity index is 809. The van der Waals surface area contributed by atoms with Crippen molar-refractivity contribution in [2.45, 2.75) is 26.8 Å². The number of carbonyl (C=O) groups excluding carboxylic acids is 1. The molecule has 0 aliphatic carbocycles. The average Bonchev–Trinajstić information content (AvgIpc) is 2.57. The van der Waals surface area contributed by atoms with Gasteiger partial charge in [-0.1, -0.05) is 19.1 Å². The van der Waals surface area contributed by atoms with Gasteiger partial charge in [0.05, 0.1) is 29.8 Å². The van der Waals surface area contributed by atoms with Gasteiger partial charge in [0.25, 0.3) is 11.2 Å². The lowest BCUT2D eigenvalue weighted by atomic mass is 10.1. The Hall–Kier alpha value is -2.96. The third-order valence-electron chi connectivity index (χ3n) is 3.44. The first-order valence-electron chi connectivity index (χ1n) is 7.54.